The van der Waals surface area contributed by atoms with Gasteiger partial charge < -0.3 is 4.90 Å². The normalized spacial score (nSPS) is 18.0. The molecule has 0 spiro atoms. The first-order chi connectivity index (χ1) is 11.2. The van der Waals surface area contributed by atoms with Crippen molar-refractivity contribution in [1.82, 2.24) is 14.9 Å². The molecule has 0 saturated carbocycles. The topological polar surface area (TPSA) is 46.1 Å². The largest absolute Gasteiger partial charge is 0.342 e. The van der Waals surface area contributed by atoms with E-state index in [0.717, 1.165) is 30.6 Å². The number of nitrogens with zero attached hydrogens (tertiary/aromatic N) is 3. The average molecular weight is 313 g/mol. The molecule has 0 aliphatic carbocycles. The molecule has 4 nitrogen and oxygen atoms in total. The van der Waals surface area contributed by atoms with Gasteiger partial charge in [0.15, 0.2) is 0 Å². The molecule has 1 amide bonds. The van der Waals surface area contributed by atoms with Crippen LogP contribution in [0, 0.1) is 5.82 Å². The lowest BCUT2D eigenvalue weighted by Crippen LogP contribution is -2.39. The molecular formula is C18H20FN3O. The summed E-state index contributed by atoms with van der Waals surface area (Å²) < 4.78 is 13.2. The van der Waals surface area contributed by atoms with Crippen LogP contribution < -0.4 is 0 Å². The van der Waals surface area contributed by atoms with Crippen molar-refractivity contribution in [2.45, 2.75) is 31.6 Å². The summed E-state index contributed by atoms with van der Waals surface area (Å²) in [5.41, 5.74) is 1.87. The van der Waals surface area contributed by atoms with Crippen LogP contribution in [0.2, 0.25) is 0 Å². The van der Waals surface area contributed by atoms with Crippen LogP contribution in [0.25, 0.3) is 0 Å². The second-order valence-corrected chi connectivity index (χ2v) is 5.94. The summed E-state index contributed by atoms with van der Waals surface area (Å²) in [7, 11) is 0. The van der Waals surface area contributed by atoms with Gasteiger partial charge in [-0.1, -0.05) is 12.1 Å². The Labute approximate surface area is 135 Å². The van der Waals surface area contributed by atoms with E-state index in [2.05, 4.69) is 9.97 Å². The van der Waals surface area contributed by atoms with Gasteiger partial charge in [0.2, 0.25) is 5.91 Å². The summed E-state index contributed by atoms with van der Waals surface area (Å²) in [6.45, 7) is 1.50. The van der Waals surface area contributed by atoms with E-state index < -0.39 is 0 Å². The highest BCUT2D eigenvalue weighted by atomic mass is 19.1. The molecule has 23 heavy (non-hydrogen) atoms. The molecule has 1 fully saturated rings. The number of piperidine rings is 1. The first kappa shape index (κ1) is 15.6. The molecular weight excluding hydrogens is 293 g/mol. The molecule has 1 saturated heterocycles. The monoisotopic (exact) mass is 313 g/mol. The molecule has 1 aliphatic heterocycles. The second kappa shape index (κ2) is 7.31. The van der Waals surface area contributed by atoms with E-state index in [0.29, 0.717) is 19.4 Å². The third-order valence-electron chi connectivity index (χ3n) is 4.31. The van der Waals surface area contributed by atoms with Gasteiger partial charge in [0, 0.05) is 37.3 Å². The molecule has 0 unspecified atom stereocenters. The predicted octanol–water partition coefficient (Wildman–Crippen LogP) is 2.95. The van der Waals surface area contributed by atoms with Crippen molar-refractivity contribution in [3.05, 3.63) is 59.9 Å². The standard InChI is InChI=1S/C18H20FN3O/c19-16-5-1-3-14(11-16)6-7-18(23)22-10-2-4-15(12-22)17-8-9-20-13-21-17/h1,3,5,8-9,11,13,15H,2,4,6-7,10,12H2/t15-/m0/s1. The van der Waals surface area contributed by atoms with Crippen LogP contribution in [0.5, 0.6) is 0 Å². The van der Waals surface area contributed by atoms with Gasteiger partial charge in [-0.3, -0.25) is 4.79 Å². The lowest BCUT2D eigenvalue weighted by atomic mass is 9.94. The molecule has 1 atom stereocenters. The Hall–Kier alpha value is -2.30. The van der Waals surface area contributed by atoms with Gasteiger partial charge in [0.05, 0.1) is 0 Å². The Balaban J connectivity index is 1.57. The number of amides is 1. The van der Waals surface area contributed by atoms with Crippen molar-refractivity contribution in [1.29, 1.82) is 0 Å². The minimum absolute atomic E-state index is 0.132. The summed E-state index contributed by atoms with van der Waals surface area (Å²) in [4.78, 5) is 22.6. The van der Waals surface area contributed by atoms with Crippen LogP contribution >= 0.6 is 0 Å². The number of hydrogen-bond acceptors (Lipinski definition) is 3. The highest BCUT2D eigenvalue weighted by molar-refractivity contribution is 5.76. The molecule has 1 aromatic carbocycles. The Bertz CT molecular complexity index is 662. The third kappa shape index (κ3) is 4.12. The molecule has 120 valence electrons. The Kier molecular flexibility index (Phi) is 4.95. The number of carbonyl (C=O) groups is 1. The molecule has 5 heteroatoms. The SMILES string of the molecule is O=C(CCc1cccc(F)c1)N1CCC[C@H](c2ccncn2)C1. The van der Waals surface area contributed by atoms with Crippen LogP contribution in [0.4, 0.5) is 4.39 Å². The number of rotatable bonds is 4. The molecule has 1 aromatic heterocycles. The quantitative estimate of drug-likeness (QED) is 0.872. The zero-order chi connectivity index (χ0) is 16.1. The van der Waals surface area contributed by atoms with E-state index in [4.69, 9.17) is 0 Å². The fourth-order valence-corrected chi connectivity index (χ4v) is 3.09. The number of halogens is 1. The molecule has 0 radical (unpaired) electrons. The zero-order valence-corrected chi connectivity index (χ0v) is 13.0. The van der Waals surface area contributed by atoms with Crippen LogP contribution in [0.15, 0.2) is 42.9 Å². The van der Waals surface area contributed by atoms with E-state index >= 15 is 0 Å². The van der Waals surface area contributed by atoms with Crippen molar-refractivity contribution in [2.24, 2.45) is 0 Å². The van der Waals surface area contributed by atoms with Gasteiger partial charge in [-0.15, -0.1) is 0 Å². The lowest BCUT2D eigenvalue weighted by Gasteiger charge is -2.32. The second-order valence-electron chi connectivity index (χ2n) is 5.94. The minimum Gasteiger partial charge on any atom is -0.342 e. The number of likely N-dealkylation sites (tertiary alicyclic amines) is 1. The van der Waals surface area contributed by atoms with Gasteiger partial charge in [-0.05, 0) is 43.0 Å². The number of benzene rings is 1. The summed E-state index contributed by atoms with van der Waals surface area (Å²) in [6, 6.07) is 8.37. The zero-order valence-electron chi connectivity index (χ0n) is 13.0. The molecule has 0 bridgehead atoms. The number of hydrogen-bond donors (Lipinski definition) is 0. The molecule has 3 rings (SSSR count). The summed E-state index contributed by atoms with van der Waals surface area (Å²) >= 11 is 0. The highest BCUT2D eigenvalue weighted by Gasteiger charge is 2.25. The molecule has 0 N–H and O–H groups in total. The number of carbonyl (C=O) groups excluding carboxylic acids is 1. The molecule has 1 aliphatic rings. The van der Waals surface area contributed by atoms with E-state index in [1.54, 1.807) is 18.6 Å². The van der Waals surface area contributed by atoms with Crippen molar-refractivity contribution in [3.63, 3.8) is 0 Å². The fourth-order valence-electron chi connectivity index (χ4n) is 3.09. The van der Waals surface area contributed by atoms with Gasteiger partial charge in [0.25, 0.3) is 0 Å². The van der Waals surface area contributed by atoms with E-state index in [9.17, 15) is 9.18 Å². The number of aryl methyl sites for hydroxylation is 1. The predicted molar refractivity (Wildman–Crippen MR) is 85.3 cm³/mol. The Morgan fingerprint density at radius 2 is 2.26 bits per heavy atom. The summed E-state index contributed by atoms with van der Waals surface area (Å²) in [5, 5.41) is 0. The van der Waals surface area contributed by atoms with Gasteiger partial charge in [-0.2, -0.15) is 0 Å². The molecule has 2 heterocycles. The van der Waals surface area contributed by atoms with Gasteiger partial charge in [0.1, 0.15) is 12.1 Å². The third-order valence-corrected chi connectivity index (χ3v) is 4.31. The maximum atomic E-state index is 13.2. The maximum absolute atomic E-state index is 13.2. The van der Waals surface area contributed by atoms with Crippen LogP contribution in [-0.2, 0) is 11.2 Å². The first-order valence-corrected chi connectivity index (χ1v) is 8.00. The van der Waals surface area contributed by atoms with E-state index in [1.807, 2.05) is 17.0 Å². The smallest absolute Gasteiger partial charge is 0.222 e. The van der Waals surface area contributed by atoms with E-state index in [-0.39, 0.29) is 17.6 Å². The Morgan fingerprint density at radius 1 is 1.35 bits per heavy atom. The van der Waals surface area contributed by atoms with E-state index in [1.165, 1.54) is 12.1 Å². The minimum atomic E-state index is -0.253. The van der Waals surface area contributed by atoms with Crippen LogP contribution in [0.1, 0.15) is 36.4 Å². The van der Waals surface area contributed by atoms with Crippen LogP contribution in [0.3, 0.4) is 0 Å². The highest BCUT2D eigenvalue weighted by Crippen LogP contribution is 2.25. The Morgan fingerprint density at radius 3 is 3.04 bits per heavy atom. The van der Waals surface area contributed by atoms with Crippen molar-refractivity contribution in [3.8, 4) is 0 Å². The average Bonchev–Trinajstić information content (AvgIpc) is 2.61. The molecule has 2 aromatic rings. The lowest BCUT2D eigenvalue weighted by molar-refractivity contribution is -0.132. The van der Waals surface area contributed by atoms with Crippen molar-refractivity contribution in [2.75, 3.05) is 13.1 Å². The summed E-state index contributed by atoms with van der Waals surface area (Å²) in [6.07, 6.45) is 6.32. The fraction of sp³-hybridized carbons (Fsp3) is 0.389. The van der Waals surface area contributed by atoms with Gasteiger partial charge in [-0.25, -0.2) is 14.4 Å². The van der Waals surface area contributed by atoms with Crippen molar-refractivity contribution < 1.29 is 9.18 Å². The van der Waals surface area contributed by atoms with Crippen molar-refractivity contribution >= 4 is 5.91 Å². The first-order valence-electron chi connectivity index (χ1n) is 8.00. The maximum Gasteiger partial charge on any atom is 0.222 e. The van der Waals surface area contributed by atoms with Gasteiger partial charge >= 0.3 is 0 Å². The summed E-state index contributed by atoms with van der Waals surface area (Å²) in [5.74, 6) is 0.162. The van der Waals surface area contributed by atoms with Crippen LogP contribution in [-0.4, -0.2) is 33.9 Å². The number of aromatic nitrogens is 2.